The Balaban J connectivity index is 2.77. The molecule has 1 unspecified atom stereocenters. The van der Waals surface area contributed by atoms with Gasteiger partial charge in [-0.1, -0.05) is 25.1 Å². The zero-order valence-corrected chi connectivity index (χ0v) is 11.8. The highest BCUT2D eigenvalue weighted by Gasteiger charge is 2.13. The molecule has 0 aliphatic rings. The number of thioether (sulfide) groups is 1. The molecule has 0 aliphatic heterocycles. The van der Waals surface area contributed by atoms with Gasteiger partial charge in [-0.3, -0.25) is 0 Å². The zero-order valence-electron chi connectivity index (χ0n) is 11.0. The molecule has 0 aliphatic carbocycles. The molecule has 0 spiro atoms. The van der Waals surface area contributed by atoms with E-state index in [9.17, 15) is 0 Å². The molecular formula is C14H23NOS. The summed E-state index contributed by atoms with van der Waals surface area (Å²) in [5, 5.41) is 3.38. The molecule has 1 aromatic carbocycles. The Morgan fingerprint density at radius 2 is 2.12 bits per heavy atom. The second-order valence-electron chi connectivity index (χ2n) is 4.01. The van der Waals surface area contributed by atoms with Gasteiger partial charge in [0.2, 0.25) is 0 Å². The number of nitrogens with one attached hydrogen (secondary N) is 1. The van der Waals surface area contributed by atoms with Crippen molar-refractivity contribution < 1.29 is 4.74 Å². The summed E-state index contributed by atoms with van der Waals surface area (Å²) in [5.41, 5.74) is 1.28. The van der Waals surface area contributed by atoms with Gasteiger partial charge in [0.1, 0.15) is 5.75 Å². The van der Waals surface area contributed by atoms with E-state index in [0.29, 0.717) is 6.04 Å². The summed E-state index contributed by atoms with van der Waals surface area (Å²) in [6, 6.07) is 8.73. The third-order valence-electron chi connectivity index (χ3n) is 2.72. The highest BCUT2D eigenvalue weighted by molar-refractivity contribution is 7.98. The fourth-order valence-electron chi connectivity index (χ4n) is 1.80. The summed E-state index contributed by atoms with van der Waals surface area (Å²) in [7, 11) is 2.02. The lowest BCUT2D eigenvalue weighted by atomic mass is 10.0. The first kappa shape index (κ1) is 14.4. The molecule has 0 heterocycles. The molecule has 3 heteroatoms. The van der Waals surface area contributed by atoms with Crippen molar-refractivity contribution in [2.24, 2.45) is 0 Å². The van der Waals surface area contributed by atoms with Crippen molar-refractivity contribution in [3.63, 3.8) is 0 Å². The lowest BCUT2D eigenvalue weighted by molar-refractivity contribution is 0.310. The van der Waals surface area contributed by atoms with E-state index in [1.165, 1.54) is 5.56 Å². The van der Waals surface area contributed by atoms with Gasteiger partial charge < -0.3 is 10.1 Å². The van der Waals surface area contributed by atoms with Gasteiger partial charge in [-0.25, -0.2) is 0 Å². The highest BCUT2D eigenvalue weighted by atomic mass is 32.2. The summed E-state index contributed by atoms with van der Waals surface area (Å²) in [4.78, 5) is 0. The molecule has 1 atom stereocenters. The Morgan fingerprint density at radius 1 is 1.35 bits per heavy atom. The van der Waals surface area contributed by atoms with Gasteiger partial charge in [0.15, 0.2) is 0 Å². The van der Waals surface area contributed by atoms with Crippen molar-refractivity contribution in [2.75, 3.05) is 25.7 Å². The molecule has 17 heavy (non-hydrogen) atoms. The van der Waals surface area contributed by atoms with Crippen LogP contribution in [0.5, 0.6) is 5.75 Å². The fourth-order valence-corrected chi connectivity index (χ4v) is 2.27. The number of benzene rings is 1. The van der Waals surface area contributed by atoms with E-state index < -0.39 is 0 Å². The van der Waals surface area contributed by atoms with Crippen LogP contribution in [0.2, 0.25) is 0 Å². The quantitative estimate of drug-likeness (QED) is 0.766. The zero-order chi connectivity index (χ0) is 12.5. The molecule has 96 valence electrons. The Morgan fingerprint density at radius 3 is 2.76 bits per heavy atom. The van der Waals surface area contributed by atoms with E-state index in [1.54, 1.807) is 0 Å². The summed E-state index contributed by atoms with van der Waals surface area (Å²) in [6.07, 6.45) is 4.32. The van der Waals surface area contributed by atoms with Crippen LogP contribution in [0.25, 0.3) is 0 Å². The predicted octanol–water partition coefficient (Wildman–Crippen LogP) is 3.49. The summed E-state index contributed by atoms with van der Waals surface area (Å²) in [5.74, 6) is 2.18. The van der Waals surface area contributed by atoms with E-state index in [2.05, 4.69) is 36.7 Å². The van der Waals surface area contributed by atoms with Crippen LogP contribution in [0.4, 0.5) is 0 Å². The lowest BCUT2D eigenvalue weighted by Gasteiger charge is -2.19. The molecule has 1 rings (SSSR count). The molecule has 0 amide bonds. The topological polar surface area (TPSA) is 21.3 Å². The van der Waals surface area contributed by atoms with Crippen molar-refractivity contribution in [2.45, 2.75) is 25.8 Å². The molecular weight excluding hydrogens is 230 g/mol. The average Bonchev–Trinajstić information content (AvgIpc) is 2.38. The van der Waals surface area contributed by atoms with Crippen molar-refractivity contribution in [1.82, 2.24) is 5.32 Å². The molecule has 0 bridgehead atoms. The van der Waals surface area contributed by atoms with Crippen LogP contribution in [0.3, 0.4) is 0 Å². The van der Waals surface area contributed by atoms with Crippen LogP contribution in [0.1, 0.15) is 31.4 Å². The number of hydrogen-bond donors (Lipinski definition) is 1. The minimum Gasteiger partial charge on any atom is -0.493 e. The van der Waals surface area contributed by atoms with Crippen molar-refractivity contribution >= 4 is 11.8 Å². The van der Waals surface area contributed by atoms with Gasteiger partial charge in [-0.2, -0.15) is 11.8 Å². The average molecular weight is 253 g/mol. The maximum atomic E-state index is 5.80. The predicted molar refractivity (Wildman–Crippen MR) is 77.0 cm³/mol. The van der Waals surface area contributed by atoms with Crippen molar-refractivity contribution in [1.29, 1.82) is 0 Å². The summed E-state index contributed by atoms with van der Waals surface area (Å²) >= 11 is 1.88. The number of hydrogen-bond acceptors (Lipinski definition) is 3. The van der Waals surface area contributed by atoms with E-state index in [1.807, 2.05) is 24.9 Å². The fraction of sp³-hybridized carbons (Fsp3) is 0.571. The van der Waals surface area contributed by atoms with E-state index in [0.717, 1.165) is 31.0 Å². The number of para-hydroxylation sites is 1. The molecule has 0 saturated carbocycles. The van der Waals surface area contributed by atoms with Crippen LogP contribution in [0, 0.1) is 0 Å². The summed E-state index contributed by atoms with van der Waals surface area (Å²) < 4.78 is 5.80. The van der Waals surface area contributed by atoms with Crippen LogP contribution >= 0.6 is 11.8 Å². The number of rotatable bonds is 8. The molecule has 1 aromatic rings. The first-order chi connectivity index (χ1) is 8.33. The Bertz CT molecular complexity index is 317. The van der Waals surface area contributed by atoms with Crippen LogP contribution < -0.4 is 10.1 Å². The number of ether oxygens (including phenoxy) is 1. The monoisotopic (exact) mass is 253 g/mol. The Hall–Kier alpha value is -0.670. The first-order valence-electron chi connectivity index (χ1n) is 6.21. The molecule has 0 fully saturated rings. The third kappa shape index (κ3) is 4.60. The minimum absolute atomic E-state index is 0.385. The standard InChI is InChI=1S/C14H23NOS/c1-4-10-16-14-8-6-5-7-12(14)13(15-2)9-11-17-3/h5-8,13,15H,4,9-11H2,1-3H3. The van der Waals surface area contributed by atoms with Gasteiger partial charge >= 0.3 is 0 Å². The van der Waals surface area contributed by atoms with Crippen LogP contribution in [0.15, 0.2) is 24.3 Å². The maximum Gasteiger partial charge on any atom is 0.124 e. The van der Waals surface area contributed by atoms with Crippen molar-refractivity contribution in [3.05, 3.63) is 29.8 Å². The smallest absolute Gasteiger partial charge is 0.124 e. The van der Waals surface area contributed by atoms with Crippen LogP contribution in [-0.4, -0.2) is 25.7 Å². The van der Waals surface area contributed by atoms with Gasteiger partial charge in [0, 0.05) is 11.6 Å². The van der Waals surface area contributed by atoms with E-state index in [4.69, 9.17) is 4.74 Å². The van der Waals surface area contributed by atoms with Gasteiger partial charge in [0.05, 0.1) is 6.61 Å². The van der Waals surface area contributed by atoms with E-state index in [-0.39, 0.29) is 0 Å². The maximum absolute atomic E-state index is 5.80. The molecule has 1 N–H and O–H groups in total. The second kappa shape index (κ2) is 8.43. The van der Waals surface area contributed by atoms with E-state index >= 15 is 0 Å². The summed E-state index contributed by atoms with van der Waals surface area (Å²) in [6.45, 7) is 2.92. The molecule has 2 nitrogen and oxygen atoms in total. The SMILES string of the molecule is CCCOc1ccccc1C(CCSC)NC. The third-order valence-corrected chi connectivity index (χ3v) is 3.36. The van der Waals surface area contributed by atoms with Gasteiger partial charge in [-0.05, 0) is 38.0 Å². The normalized spacial score (nSPS) is 12.4. The molecule has 0 radical (unpaired) electrons. The van der Waals surface area contributed by atoms with Gasteiger partial charge in [0.25, 0.3) is 0 Å². The lowest BCUT2D eigenvalue weighted by Crippen LogP contribution is -2.18. The largest absolute Gasteiger partial charge is 0.493 e. The van der Waals surface area contributed by atoms with Crippen LogP contribution in [-0.2, 0) is 0 Å². The minimum atomic E-state index is 0.385. The second-order valence-corrected chi connectivity index (χ2v) is 4.99. The van der Waals surface area contributed by atoms with Gasteiger partial charge in [-0.15, -0.1) is 0 Å². The Kier molecular flexibility index (Phi) is 7.13. The first-order valence-corrected chi connectivity index (χ1v) is 7.60. The highest BCUT2D eigenvalue weighted by Crippen LogP contribution is 2.27. The Labute approximate surface area is 109 Å². The molecule has 0 aromatic heterocycles. The van der Waals surface area contributed by atoms with Crippen molar-refractivity contribution in [3.8, 4) is 5.75 Å². The molecule has 0 saturated heterocycles.